The SMILES string of the molecule is Cc1ccccc1OCc1c(C(=O)Nc2ncn(Cc3cccc(F)c3)n2)noc1C. The zero-order valence-corrected chi connectivity index (χ0v) is 17.0. The molecule has 9 heteroatoms. The van der Waals surface area contributed by atoms with Crippen molar-refractivity contribution in [3.63, 3.8) is 0 Å². The molecule has 4 aromatic rings. The summed E-state index contributed by atoms with van der Waals surface area (Å²) in [6.07, 6.45) is 1.46. The predicted octanol–water partition coefficient (Wildman–Crippen LogP) is 3.90. The van der Waals surface area contributed by atoms with Crippen LogP contribution < -0.4 is 10.1 Å². The van der Waals surface area contributed by atoms with Gasteiger partial charge in [-0.2, -0.15) is 0 Å². The van der Waals surface area contributed by atoms with Crippen molar-refractivity contribution in [2.75, 3.05) is 5.32 Å². The Labute approximate surface area is 177 Å². The Bertz CT molecular complexity index is 1220. The van der Waals surface area contributed by atoms with Crippen molar-refractivity contribution in [2.24, 2.45) is 0 Å². The number of nitrogens with one attached hydrogen (secondary N) is 1. The fraction of sp³-hybridized carbons (Fsp3) is 0.182. The highest BCUT2D eigenvalue weighted by Gasteiger charge is 2.22. The van der Waals surface area contributed by atoms with Gasteiger partial charge >= 0.3 is 0 Å². The number of benzene rings is 2. The Kier molecular flexibility index (Phi) is 5.74. The number of hydrogen-bond donors (Lipinski definition) is 1. The quantitative estimate of drug-likeness (QED) is 0.486. The van der Waals surface area contributed by atoms with Crippen LogP contribution in [0.15, 0.2) is 59.4 Å². The molecule has 0 bridgehead atoms. The van der Waals surface area contributed by atoms with Gasteiger partial charge < -0.3 is 9.26 Å². The summed E-state index contributed by atoms with van der Waals surface area (Å²) < 4.78 is 25.9. The fourth-order valence-electron chi connectivity index (χ4n) is 3.02. The summed E-state index contributed by atoms with van der Waals surface area (Å²) in [4.78, 5) is 16.8. The molecule has 2 aromatic carbocycles. The van der Waals surface area contributed by atoms with Gasteiger partial charge in [-0.3, -0.25) is 10.1 Å². The van der Waals surface area contributed by atoms with E-state index in [0.717, 1.165) is 11.1 Å². The normalized spacial score (nSPS) is 10.8. The second kappa shape index (κ2) is 8.78. The maximum absolute atomic E-state index is 13.3. The van der Waals surface area contributed by atoms with Crippen LogP contribution in [0.4, 0.5) is 10.3 Å². The van der Waals surface area contributed by atoms with E-state index in [1.54, 1.807) is 19.1 Å². The number of rotatable bonds is 7. The van der Waals surface area contributed by atoms with E-state index in [4.69, 9.17) is 9.26 Å². The lowest BCUT2D eigenvalue weighted by molar-refractivity contribution is 0.101. The van der Waals surface area contributed by atoms with Gasteiger partial charge in [-0.25, -0.2) is 14.1 Å². The molecule has 8 nitrogen and oxygen atoms in total. The first kappa shape index (κ1) is 20.3. The van der Waals surface area contributed by atoms with Gasteiger partial charge in [0.25, 0.3) is 5.91 Å². The summed E-state index contributed by atoms with van der Waals surface area (Å²) in [5, 5.41) is 10.7. The van der Waals surface area contributed by atoms with Crippen molar-refractivity contribution in [2.45, 2.75) is 27.0 Å². The Balaban J connectivity index is 1.43. The fourth-order valence-corrected chi connectivity index (χ4v) is 3.02. The van der Waals surface area contributed by atoms with Crippen molar-refractivity contribution in [3.05, 3.63) is 88.8 Å². The number of hydrogen-bond acceptors (Lipinski definition) is 6. The lowest BCUT2D eigenvalue weighted by Crippen LogP contribution is -2.16. The standard InChI is InChI=1S/C22H20FN5O3/c1-14-6-3-4-9-19(14)30-12-18-15(2)31-27-20(18)21(29)25-22-24-13-28(26-22)11-16-7-5-8-17(23)10-16/h3-10,13H,11-12H2,1-2H3,(H,25,26,29). The third-order valence-corrected chi connectivity index (χ3v) is 4.66. The molecule has 2 aromatic heterocycles. The van der Waals surface area contributed by atoms with Crippen LogP contribution >= 0.6 is 0 Å². The molecule has 158 valence electrons. The molecule has 0 aliphatic carbocycles. The van der Waals surface area contributed by atoms with Crippen LogP contribution in [0.3, 0.4) is 0 Å². The van der Waals surface area contributed by atoms with Gasteiger partial charge in [-0.15, -0.1) is 5.10 Å². The van der Waals surface area contributed by atoms with E-state index < -0.39 is 5.91 Å². The molecule has 4 rings (SSSR count). The lowest BCUT2D eigenvalue weighted by Gasteiger charge is -2.08. The Morgan fingerprint density at radius 2 is 2.03 bits per heavy atom. The predicted molar refractivity (Wildman–Crippen MR) is 110 cm³/mol. The average Bonchev–Trinajstić information content (AvgIpc) is 3.33. The van der Waals surface area contributed by atoms with Crippen molar-refractivity contribution >= 4 is 11.9 Å². The number of aryl methyl sites for hydroxylation is 2. The molecule has 1 N–H and O–H groups in total. The second-order valence-electron chi connectivity index (χ2n) is 6.97. The average molecular weight is 421 g/mol. The molecule has 0 spiro atoms. The molecule has 0 saturated heterocycles. The molecular weight excluding hydrogens is 401 g/mol. The van der Waals surface area contributed by atoms with Crippen LogP contribution in [0, 0.1) is 19.7 Å². The first-order valence-corrected chi connectivity index (χ1v) is 9.58. The summed E-state index contributed by atoms with van der Waals surface area (Å²) >= 11 is 0. The lowest BCUT2D eigenvalue weighted by atomic mass is 10.2. The van der Waals surface area contributed by atoms with Crippen LogP contribution in [-0.2, 0) is 13.2 Å². The molecule has 0 aliphatic heterocycles. The molecule has 0 fully saturated rings. The number of ether oxygens (including phenoxy) is 1. The van der Waals surface area contributed by atoms with E-state index in [0.29, 0.717) is 23.6 Å². The number of carbonyl (C=O) groups is 1. The van der Waals surface area contributed by atoms with Crippen LogP contribution in [-0.4, -0.2) is 25.8 Å². The van der Waals surface area contributed by atoms with E-state index in [9.17, 15) is 9.18 Å². The largest absolute Gasteiger partial charge is 0.488 e. The first-order chi connectivity index (χ1) is 15.0. The van der Waals surface area contributed by atoms with Gasteiger partial charge in [0, 0.05) is 0 Å². The maximum atomic E-state index is 13.3. The summed E-state index contributed by atoms with van der Waals surface area (Å²) in [6.45, 7) is 4.10. The summed E-state index contributed by atoms with van der Waals surface area (Å²) in [7, 11) is 0. The van der Waals surface area contributed by atoms with E-state index in [-0.39, 0.29) is 24.1 Å². The Hall–Kier alpha value is -4.01. The highest BCUT2D eigenvalue weighted by molar-refractivity contribution is 6.02. The van der Waals surface area contributed by atoms with E-state index in [1.165, 1.54) is 23.1 Å². The van der Waals surface area contributed by atoms with E-state index in [2.05, 4.69) is 20.6 Å². The van der Waals surface area contributed by atoms with Crippen LogP contribution in [0.2, 0.25) is 0 Å². The number of halogens is 1. The van der Waals surface area contributed by atoms with Gasteiger partial charge in [0.2, 0.25) is 5.95 Å². The Morgan fingerprint density at radius 3 is 2.84 bits per heavy atom. The van der Waals surface area contributed by atoms with Gasteiger partial charge in [0.15, 0.2) is 5.69 Å². The van der Waals surface area contributed by atoms with Gasteiger partial charge in [-0.05, 0) is 43.2 Å². The number of amides is 1. The minimum absolute atomic E-state index is 0.104. The summed E-state index contributed by atoms with van der Waals surface area (Å²) in [6, 6.07) is 13.8. The zero-order chi connectivity index (χ0) is 21.8. The molecular formula is C22H20FN5O3. The second-order valence-corrected chi connectivity index (χ2v) is 6.97. The molecule has 0 radical (unpaired) electrons. The molecule has 31 heavy (non-hydrogen) atoms. The number of aromatic nitrogens is 4. The molecule has 0 unspecified atom stereocenters. The number of carbonyl (C=O) groups excluding carboxylic acids is 1. The Morgan fingerprint density at radius 1 is 1.19 bits per heavy atom. The highest BCUT2D eigenvalue weighted by atomic mass is 19.1. The van der Waals surface area contributed by atoms with E-state index >= 15 is 0 Å². The monoisotopic (exact) mass is 421 g/mol. The van der Waals surface area contributed by atoms with Crippen molar-refractivity contribution in [3.8, 4) is 5.75 Å². The van der Waals surface area contributed by atoms with Gasteiger partial charge in [0.05, 0.1) is 12.1 Å². The topological polar surface area (TPSA) is 95.1 Å². The third-order valence-electron chi connectivity index (χ3n) is 4.66. The van der Waals surface area contributed by atoms with Crippen molar-refractivity contribution in [1.82, 2.24) is 19.9 Å². The van der Waals surface area contributed by atoms with Gasteiger partial charge in [0.1, 0.15) is 30.3 Å². The first-order valence-electron chi connectivity index (χ1n) is 9.58. The minimum Gasteiger partial charge on any atom is -0.488 e. The molecule has 0 saturated carbocycles. The zero-order valence-electron chi connectivity index (χ0n) is 17.0. The smallest absolute Gasteiger partial charge is 0.280 e. The molecule has 2 heterocycles. The maximum Gasteiger partial charge on any atom is 0.280 e. The van der Waals surface area contributed by atoms with Crippen molar-refractivity contribution in [1.29, 1.82) is 0 Å². The number of nitrogens with zero attached hydrogens (tertiary/aromatic N) is 4. The van der Waals surface area contributed by atoms with Crippen molar-refractivity contribution < 1.29 is 18.4 Å². The highest BCUT2D eigenvalue weighted by Crippen LogP contribution is 2.21. The minimum atomic E-state index is -0.510. The van der Waals surface area contributed by atoms with Crippen LogP contribution in [0.1, 0.15) is 32.9 Å². The van der Waals surface area contributed by atoms with Crippen LogP contribution in [0.25, 0.3) is 0 Å². The number of anilines is 1. The molecule has 0 aliphatic rings. The van der Waals surface area contributed by atoms with E-state index in [1.807, 2.05) is 31.2 Å². The summed E-state index contributed by atoms with van der Waals surface area (Å²) in [5.41, 5.74) is 2.36. The molecule has 0 atom stereocenters. The molecule has 1 amide bonds. The third kappa shape index (κ3) is 4.77. The summed E-state index contributed by atoms with van der Waals surface area (Å²) in [5.74, 6) is 0.472. The van der Waals surface area contributed by atoms with Crippen LogP contribution in [0.5, 0.6) is 5.75 Å². The number of para-hydroxylation sites is 1. The van der Waals surface area contributed by atoms with Gasteiger partial charge in [-0.1, -0.05) is 35.5 Å².